The number of carbonyl (C=O) groups is 2. The number of nitrogens with zero attached hydrogens (tertiary/aromatic N) is 3. The molecule has 0 bridgehead atoms. The largest absolute Gasteiger partial charge is 0.383 e. The third kappa shape index (κ3) is 3.56. The second kappa shape index (κ2) is 8.22. The van der Waals surface area contributed by atoms with Gasteiger partial charge in [0.05, 0.1) is 24.3 Å². The summed E-state index contributed by atoms with van der Waals surface area (Å²) < 4.78 is 6.77. The highest BCUT2D eigenvalue weighted by Gasteiger charge is 2.27. The predicted molar refractivity (Wildman–Crippen MR) is 108 cm³/mol. The van der Waals surface area contributed by atoms with Crippen molar-refractivity contribution in [2.75, 3.05) is 32.6 Å². The van der Waals surface area contributed by atoms with Crippen LogP contribution < -0.4 is 10.9 Å². The average Bonchev–Trinajstić information content (AvgIpc) is 3.28. The van der Waals surface area contributed by atoms with Crippen molar-refractivity contribution in [3.8, 4) is 0 Å². The standard InChI is InChI=1S/C18H22N4O4S2/c1-26-9-8-22-16(24)14-11-4-2-3-5-12(11)28-15(14)20-18(22)27-10-13(23)21-7-6-19-17(21)25/h2-10H2,1H3,(H,19,25). The fraction of sp³-hybridized carbons (Fsp3) is 0.556. The van der Waals surface area contributed by atoms with Crippen molar-refractivity contribution < 1.29 is 14.3 Å². The van der Waals surface area contributed by atoms with E-state index < -0.39 is 0 Å². The monoisotopic (exact) mass is 422 g/mol. The first kappa shape index (κ1) is 19.4. The lowest BCUT2D eigenvalue weighted by molar-refractivity contribution is -0.124. The van der Waals surface area contributed by atoms with Crippen molar-refractivity contribution in [3.63, 3.8) is 0 Å². The van der Waals surface area contributed by atoms with E-state index in [1.807, 2.05) is 0 Å². The highest BCUT2D eigenvalue weighted by molar-refractivity contribution is 7.99. The number of carbonyl (C=O) groups excluding carboxylic acids is 2. The van der Waals surface area contributed by atoms with Crippen molar-refractivity contribution in [1.82, 2.24) is 19.8 Å². The van der Waals surface area contributed by atoms with Crippen molar-refractivity contribution >= 4 is 45.3 Å². The van der Waals surface area contributed by atoms with Crippen LogP contribution in [-0.2, 0) is 28.9 Å². The quantitative estimate of drug-likeness (QED) is 0.562. The van der Waals surface area contributed by atoms with E-state index in [2.05, 4.69) is 5.32 Å². The number of hydrogen-bond donors (Lipinski definition) is 1. The Balaban J connectivity index is 1.66. The second-order valence-electron chi connectivity index (χ2n) is 6.80. The first-order valence-corrected chi connectivity index (χ1v) is 11.2. The topological polar surface area (TPSA) is 93.5 Å². The molecule has 10 heteroatoms. The molecule has 0 spiro atoms. The SMILES string of the molecule is COCCn1c(SCC(=O)N2CCNC2=O)nc2sc3c(c2c1=O)CCCC3. The van der Waals surface area contributed by atoms with Crippen LogP contribution in [0.1, 0.15) is 23.3 Å². The summed E-state index contributed by atoms with van der Waals surface area (Å²) in [5, 5.41) is 3.85. The van der Waals surface area contributed by atoms with E-state index in [0.29, 0.717) is 31.4 Å². The van der Waals surface area contributed by atoms with E-state index >= 15 is 0 Å². The first-order chi connectivity index (χ1) is 13.6. The van der Waals surface area contributed by atoms with Crippen LogP contribution in [0, 0.1) is 0 Å². The van der Waals surface area contributed by atoms with Crippen LogP contribution in [0.5, 0.6) is 0 Å². The third-order valence-electron chi connectivity index (χ3n) is 5.04. The minimum Gasteiger partial charge on any atom is -0.383 e. The van der Waals surface area contributed by atoms with E-state index in [1.54, 1.807) is 23.0 Å². The molecule has 3 amide bonds. The smallest absolute Gasteiger partial charge is 0.324 e. The van der Waals surface area contributed by atoms with Crippen LogP contribution >= 0.6 is 23.1 Å². The zero-order chi connectivity index (χ0) is 19.7. The summed E-state index contributed by atoms with van der Waals surface area (Å²) >= 11 is 2.79. The van der Waals surface area contributed by atoms with Crippen molar-refractivity contribution in [3.05, 3.63) is 20.8 Å². The zero-order valence-corrected chi connectivity index (χ0v) is 17.3. The Morgan fingerprint density at radius 3 is 2.89 bits per heavy atom. The lowest BCUT2D eigenvalue weighted by Crippen LogP contribution is -2.35. The number of methoxy groups -OCH3 is 1. The molecule has 0 radical (unpaired) electrons. The summed E-state index contributed by atoms with van der Waals surface area (Å²) in [5.74, 6) is -0.221. The number of urea groups is 1. The molecule has 1 saturated heterocycles. The van der Waals surface area contributed by atoms with Crippen LogP contribution in [0.4, 0.5) is 4.79 Å². The second-order valence-corrected chi connectivity index (χ2v) is 8.83. The predicted octanol–water partition coefficient (Wildman–Crippen LogP) is 1.63. The van der Waals surface area contributed by atoms with Gasteiger partial charge in [-0.1, -0.05) is 11.8 Å². The first-order valence-electron chi connectivity index (χ1n) is 9.35. The van der Waals surface area contributed by atoms with Gasteiger partial charge in [0, 0.05) is 25.1 Å². The van der Waals surface area contributed by atoms with Gasteiger partial charge in [-0.05, 0) is 31.2 Å². The number of nitrogens with one attached hydrogen (secondary N) is 1. The summed E-state index contributed by atoms with van der Waals surface area (Å²) in [7, 11) is 1.59. The van der Waals surface area contributed by atoms with Gasteiger partial charge >= 0.3 is 6.03 Å². The summed E-state index contributed by atoms with van der Waals surface area (Å²) in [6, 6.07) is -0.364. The Kier molecular flexibility index (Phi) is 5.70. The number of hydrogen-bond acceptors (Lipinski definition) is 7. The molecule has 0 aromatic carbocycles. The third-order valence-corrected chi connectivity index (χ3v) is 7.19. The molecule has 8 nitrogen and oxygen atoms in total. The molecule has 1 fully saturated rings. The Labute approximate surface area is 170 Å². The summed E-state index contributed by atoms with van der Waals surface area (Å²) in [4.78, 5) is 45.2. The van der Waals surface area contributed by atoms with Gasteiger partial charge in [-0.2, -0.15) is 0 Å². The summed E-state index contributed by atoms with van der Waals surface area (Å²) in [6.45, 7) is 1.61. The van der Waals surface area contributed by atoms with Gasteiger partial charge in [0.1, 0.15) is 4.83 Å². The Hall–Kier alpha value is -1.91. The number of thioether (sulfide) groups is 1. The van der Waals surface area contributed by atoms with Gasteiger partial charge in [0.25, 0.3) is 5.56 Å². The van der Waals surface area contributed by atoms with Crippen LogP contribution in [0.25, 0.3) is 10.2 Å². The van der Waals surface area contributed by atoms with Crippen molar-refractivity contribution in [2.45, 2.75) is 37.4 Å². The molecule has 2 aromatic heterocycles. The average molecular weight is 423 g/mol. The fourth-order valence-corrected chi connectivity index (χ4v) is 5.83. The minimum atomic E-state index is -0.364. The Morgan fingerprint density at radius 1 is 1.32 bits per heavy atom. The van der Waals surface area contributed by atoms with E-state index in [1.165, 1.54) is 21.5 Å². The van der Waals surface area contributed by atoms with E-state index in [0.717, 1.165) is 41.5 Å². The molecule has 3 heterocycles. The fourth-order valence-electron chi connectivity index (χ4n) is 3.62. The number of amides is 3. The molecule has 0 unspecified atom stereocenters. The molecule has 2 aliphatic rings. The van der Waals surface area contributed by atoms with Crippen molar-refractivity contribution in [2.24, 2.45) is 0 Å². The van der Waals surface area contributed by atoms with Crippen LogP contribution in [0.2, 0.25) is 0 Å². The molecular weight excluding hydrogens is 400 g/mol. The number of thiophene rings is 1. The van der Waals surface area contributed by atoms with Crippen LogP contribution in [0.15, 0.2) is 9.95 Å². The van der Waals surface area contributed by atoms with Gasteiger partial charge in [-0.25, -0.2) is 9.78 Å². The number of rotatable bonds is 6. The van der Waals surface area contributed by atoms with Gasteiger partial charge in [0.15, 0.2) is 5.16 Å². The molecular formula is C18H22N4O4S2. The summed E-state index contributed by atoms with van der Waals surface area (Å²) in [6.07, 6.45) is 4.16. The van der Waals surface area contributed by atoms with Gasteiger partial charge < -0.3 is 10.1 Å². The molecule has 2 aromatic rings. The number of imide groups is 1. The van der Waals surface area contributed by atoms with E-state index in [4.69, 9.17) is 9.72 Å². The number of fused-ring (bicyclic) bond motifs is 3. The molecule has 0 atom stereocenters. The molecule has 0 saturated carbocycles. The molecule has 1 aliphatic carbocycles. The maximum atomic E-state index is 13.2. The lowest BCUT2D eigenvalue weighted by Gasteiger charge is -2.14. The molecule has 150 valence electrons. The summed E-state index contributed by atoms with van der Waals surface area (Å²) in [5.41, 5.74) is 1.09. The van der Waals surface area contributed by atoms with Crippen LogP contribution in [-0.4, -0.2) is 58.9 Å². The maximum absolute atomic E-state index is 13.2. The minimum absolute atomic E-state index is 0.0590. The van der Waals surface area contributed by atoms with Crippen LogP contribution in [0.3, 0.4) is 0 Å². The van der Waals surface area contributed by atoms with Gasteiger partial charge in [-0.15, -0.1) is 11.3 Å². The van der Waals surface area contributed by atoms with Gasteiger partial charge in [-0.3, -0.25) is 19.1 Å². The zero-order valence-electron chi connectivity index (χ0n) is 15.7. The highest BCUT2D eigenvalue weighted by Crippen LogP contribution is 2.34. The van der Waals surface area contributed by atoms with E-state index in [-0.39, 0.29) is 23.3 Å². The van der Waals surface area contributed by atoms with Gasteiger partial charge in [0.2, 0.25) is 5.91 Å². The Bertz CT molecular complexity index is 984. The molecule has 1 N–H and O–H groups in total. The molecule has 28 heavy (non-hydrogen) atoms. The van der Waals surface area contributed by atoms with Crippen molar-refractivity contribution in [1.29, 1.82) is 0 Å². The normalized spacial score (nSPS) is 16.5. The van der Waals surface area contributed by atoms with E-state index in [9.17, 15) is 14.4 Å². The number of aromatic nitrogens is 2. The molecule has 4 rings (SSSR count). The number of ether oxygens (including phenoxy) is 1. The molecule has 1 aliphatic heterocycles. The number of aryl methyl sites for hydroxylation is 2. The highest BCUT2D eigenvalue weighted by atomic mass is 32.2. The Morgan fingerprint density at radius 2 is 2.14 bits per heavy atom. The lowest BCUT2D eigenvalue weighted by atomic mass is 9.97. The maximum Gasteiger partial charge on any atom is 0.324 e.